The fourth-order valence-corrected chi connectivity index (χ4v) is 3.51. The molecule has 1 aromatic carbocycles. The standard InChI is InChI=1S/C14H14BrClN2O3S/c1-18(9-10-7-11(15)3-5-13(10)21-2)22(19,20)12-4-6-14(16)17-8-12/h3-8H,9H2,1-2H3. The van der Waals surface area contributed by atoms with E-state index in [0.29, 0.717) is 5.75 Å². The monoisotopic (exact) mass is 404 g/mol. The molecule has 0 aliphatic rings. The zero-order valence-corrected chi connectivity index (χ0v) is 15.1. The molecule has 2 aromatic rings. The molecule has 22 heavy (non-hydrogen) atoms. The van der Waals surface area contributed by atoms with Gasteiger partial charge in [0.1, 0.15) is 15.8 Å². The molecule has 0 N–H and O–H groups in total. The molecule has 0 spiro atoms. The number of halogens is 2. The highest BCUT2D eigenvalue weighted by Crippen LogP contribution is 2.26. The third-order valence-corrected chi connectivity index (χ3v) is 5.55. The highest BCUT2D eigenvalue weighted by atomic mass is 79.9. The molecule has 0 radical (unpaired) electrons. The van der Waals surface area contributed by atoms with E-state index in [4.69, 9.17) is 16.3 Å². The van der Waals surface area contributed by atoms with Crippen molar-refractivity contribution in [3.63, 3.8) is 0 Å². The van der Waals surface area contributed by atoms with Crippen LogP contribution in [0.1, 0.15) is 5.56 Å². The number of ether oxygens (including phenoxy) is 1. The van der Waals surface area contributed by atoms with Crippen molar-refractivity contribution in [1.29, 1.82) is 0 Å². The maximum absolute atomic E-state index is 12.5. The van der Waals surface area contributed by atoms with Gasteiger partial charge in [0.05, 0.1) is 7.11 Å². The van der Waals surface area contributed by atoms with Crippen LogP contribution in [-0.4, -0.2) is 31.9 Å². The van der Waals surface area contributed by atoms with Crippen molar-refractivity contribution < 1.29 is 13.2 Å². The fourth-order valence-electron chi connectivity index (χ4n) is 1.89. The molecule has 0 bridgehead atoms. The van der Waals surface area contributed by atoms with E-state index < -0.39 is 10.0 Å². The van der Waals surface area contributed by atoms with Crippen LogP contribution in [0.15, 0.2) is 45.9 Å². The van der Waals surface area contributed by atoms with E-state index in [1.54, 1.807) is 13.2 Å². The van der Waals surface area contributed by atoms with E-state index in [-0.39, 0.29) is 16.6 Å². The Labute approximate surface area is 143 Å². The molecule has 0 aliphatic heterocycles. The van der Waals surface area contributed by atoms with Crippen LogP contribution in [0.5, 0.6) is 5.75 Å². The number of aromatic nitrogens is 1. The Bertz CT molecular complexity index is 766. The molecule has 0 saturated carbocycles. The molecule has 2 rings (SSSR count). The predicted molar refractivity (Wildman–Crippen MR) is 88.6 cm³/mol. The van der Waals surface area contributed by atoms with Gasteiger partial charge in [0.2, 0.25) is 10.0 Å². The topological polar surface area (TPSA) is 59.5 Å². The minimum absolute atomic E-state index is 0.0911. The maximum atomic E-state index is 12.5. The SMILES string of the molecule is COc1ccc(Br)cc1CN(C)S(=O)(=O)c1ccc(Cl)nc1. The third-order valence-electron chi connectivity index (χ3n) is 3.04. The van der Waals surface area contributed by atoms with Crippen LogP contribution in [0, 0.1) is 0 Å². The lowest BCUT2D eigenvalue weighted by molar-refractivity contribution is 0.398. The average molecular weight is 406 g/mol. The molecule has 1 heterocycles. The minimum Gasteiger partial charge on any atom is -0.496 e. The van der Waals surface area contributed by atoms with Crippen molar-refractivity contribution in [2.75, 3.05) is 14.2 Å². The van der Waals surface area contributed by atoms with E-state index in [9.17, 15) is 8.42 Å². The van der Waals surface area contributed by atoms with Gasteiger partial charge in [0.15, 0.2) is 0 Å². The van der Waals surface area contributed by atoms with Gasteiger partial charge in [0.25, 0.3) is 0 Å². The maximum Gasteiger partial charge on any atom is 0.244 e. The van der Waals surface area contributed by atoms with Gasteiger partial charge in [0, 0.05) is 29.8 Å². The van der Waals surface area contributed by atoms with E-state index in [0.717, 1.165) is 10.0 Å². The summed E-state index contributed by atoms with van der Waals surface area (Å²) in [6.45, 7) is 0.174. The first-order valence-electron chi connectivity index (χ1n) is 6.25. The van der Waals surface area contributed by atoms with Crippen LogP contribution < -0.4 is 4.74 Å². The number of hydrogen-bond acceptors (Lipinski definition) is 4. The zero-order chi connectivity index (χ0) is 16.3. The fraction of sp³-hybridized carbons (Fsp3) is 0.214. The average Bonchev–Trinajstić information content (AvgIpc) is 2.48. The first-order valence-corrected chi connectivity index (χ1v) is 8.86. The van der Waals surface area contributed by atoms with Crippen molar-refractivity contribution in [2.45, 2.75) is 11.4 Å². The molecule has 8 heteroatoms. The molecule has 1 aromatic heterocycles. The van der Waals surface area contributed by atoms with Crippen LogP contribution in [0.4, 0.5) is 0 Å². The summed E-state index contributed by atoms with van der Waals surface area (Å²) in [4.78, 5) is 3.90. The Morgan fingerprint density at radius 2 is 2.05 bits per heavy atom. The molecule has 0 saturated heterocycles. The van der Waals surface area contributed by atoms with Gasteiger partial charge in [-0.2, -0.15) is 4.31 Å². The number of pyridine rings is 1. The van der Waals surface area contributed by atoms with Gasteiger partial charge in [-0.3, -0.25) is 0 Å². The van der Waals surface area contributed by atoms with E-state index in [1.165, 1.54) is 29.7 Å². The zero-order valence-electron chi connectivity index (χ0n) is 12.0. The van der Waals surface area contributed by atoms with Crippen molar-refractivity contribution >= 4 is 37.6 Å². The van der Waals surface area contributed by atoms with Crippen molar-refractivity contribution in [3.05, 3.63) is 51.7 Å². The van der Waals surface area contributed by atoms with E-state index >= 15 is 0 Å². The molecule has 0 aliphatic carbocycles. The molecular weight excluding hydrogens is 392 g/mol. The van der Waals surface area contributed by atoms with Gasteiger partial charge < -0.3 is 4.74 Å². The number of hydrogen-bond donors (Lipinski definition) is 0. The summed E-state index contributed by atoms with van der Waals surface area (Å²) in [5.41, 5.74) is 0.755. The third kappa shape index (κ3) is 3.78. The van der Waals surface area contributed by atoms with Crippen LogP contribution >= 0.6 is 27.5 Å². The number of methoxy groups -OCH3 is 1. The predicted octanol–water partition coefficient (Wildman–Crippen LogP) is 3.33. The Morgan fingerprint density at radius 1 is 1.32 bits per heavy atom. The summed E-state index contributed by atoms with van der Waals surface area (Å²) in [7, 11) is -0.600. The number of nitrogens with zero attached hydrogens (tertiary/aromatic N) is 2. The van der Waals surface area contributed by atoms with Gasteiger partial charge in [-0.1, -0.05) is 27.5 Å². The first kappa shape index (κ1) is 17.2. The van der Waals surface area contributed by atoms with Gasteiger partial charge in [-0.25, -0.2) is 13.4 Å². The summed E-state index contributed by atoms with van der Waals surface area (Å²) >= 11 is 9.06. The molecule has 0 unspecified atom stereocenters. The second-order valence-corrected chi connectivity index (χ2v) is 7.88. The van der Waals surface area contributed by atoms with Crippen molar-refractivity contribution in [2.24, 2.45) is 0 Å². The van der Waals surface area contributed by atoms with Crippen LogP contribution in [0.2, 0.25) is 5.15 Å². The number of rotatable bonds is 5. The first-order chi connectivity index (χ1) is 10.3. The molecule has 118 valence electrons. The van der Waals surface area contributed by atoms with Gasteiger partial charge in [-0.15, -0.1) is 0 Å². The lowest BCUT2D eigenvalue weighted by Crippen LogP contribution is -2.26. The Kier molecular flexibility index (Phi) is 5.44. The van der Waals surface area contributed by atoms with Crippen LogP contribution in [0.3, 0.4) is 0 Å². The lowest BCUT2D eigenvalue weighted by atomic mass is 10.2. The second kappa shape index (κ2) is 6.95. The number of benzene rings is 1. The Balaban J connectivity index is 2.30. The Morgan fingerprint density at radius 3 is 2.64 bits per heavy atom. The van der Waals surface area contributed by atoms with Gasteiger partial charge >= 0.3 is 0 Å². The number of sulfonamides is 1. The highest BCUT2D eigenvalue weighted by molar-refractivity contribution is 9.10. The normalized spacial score (nSPS) is 11.7. The van der Waals surface area contributed by atoms with Crippen LogP contribution in [0.25, 0.3) is 0 Å². The van der Waals surface area contributed by atoms with Crippen LogP contribution in [-0.2, 0) is 16.6 Å². The van der Waals surface area contributed by atoms with Gasteiger partial charge in [-0.05, 0) is 30.3 Å². The molecule has 0 amide bonds. The second-order valence-electron chi connectivity index (χ2n) is 4.53. The summed E-state index contributed by atoms with van der Waals surface area (Å²) in [6, 6.07) is 8.32. The Hall–Kier alpha value is -1.15. The molecule has 0 fully saturated rings. The summed E-state index contributed by atoms with van der Waals surface area (Å²) in [5, 5.41) is 0.246. The highest BCUT2D eigenvalue weighted by Gasteiger charge is 2.22. The summed E-state index contributed by atoms with van der Waals surface area (Å²) in [5.74, 6) is 0.625. The minimum atomic E-state index is -3.65. The van der Waals surface area contributed by atoms with Crippen molar-refractivity contribution in [1.82, 2.24) is 9.29 Å². The summed E-state index contributed by atoms with van der Waals surface area (Å²) < 4.78 is 32.4. The van der Waals surface area contributed by atoms with E-state index in [2.05, 4.69) is 20.9 Å². The smallest absolute Gasteiger partial charge is 0.244 e. The quantitative estimate of drug-likeness (QED) is 0.716. The lowest BCUT2D eigenvalue weighted by Gasteiger charge is -2.18. The van der Waals surface area contributed by atoms with Crippen molar-refractivity contribution in [3.8, 4) is 5.75 Å². The molecule has 0 atom stereocenters. The molecular formula is C14H14BrClN2O3S. The largest absolute Gasteiger partial charge is 0.496 e. The molecule has 5 nitrogen and oxygen atoms in total. The van der Waals surface area contributed by atoms with E-state index in [1.807, 2.05) is 12.1 Å². The summed E-state index contributed by atoms with van der Waals surface area (Å²) in [6.07, 6.45) is 1.24.